The van der Waals surface area contributed by atoms with E-state index in [-0.39, 0.29) is 16.8 Å². The molecule has 0 aromatic carbocycles. The Hall–Kier alpha value is -2.96. The number of hydrogen-bond donors (Lipinski definition) is 1. The normalized spacial score (nSPS) is 9.89. The summed E-state index contributed by atoms with van der Waals surface area (Å²) in [6, 6.07) is 5.34. The number of carbonyl (C=O) groups excluding carboxylic acids is 1. The first kappa shape index (κ1) is 12.5. The Morgan fingerprint density at radius 1 is 1.00 bits per heavy atom. The zero-order valence-electron chi connectivity index (χ0n) is 9.48. The van der Waals surface area contributed by atoms with Gasteiger partial charge in [0, 0.05) is 23.1 Å². The molecule has 0 aliphatic rings. The summed E-state index contributed by atoms with van der Waals surface area (Å²) in [5.74, 6) is -2.01. The highest BCUT2D eigenvalue weighted by Gasteiger charge is 2.10. The molecule has 0 aliphatic heterocycles. The number of rotatable bonds is 3. The molecule has 2 aromatic heterocycles. The molecule has 94 valence electrons. The molecule has 0 saturated carbocycles. The van der Waals surface area contributed by atoms with Crippen LogP contribution in [-0.2, 0) is 0 Å². The molecule has 19 heavy (non-hydrogen) atoms. The molecule has 2 aromatic rings. The monoisotopic (exact) mass is 257 g/mol. The molecule has 1 N–H and O–H groups in total. The van der Waals surface area contributed by atoms with Crippen molar-refractivity contribution in [3.63, 3.8) is 0 Å². The summed E-state index contributed by atoms with van der Waals surface area (Å²) < 4.78 is 0. The number of amides is 1. The second kappa shape index (κ2) is 5.13. The second-order valence-corrected chi connectivity index (χ2v) is 3.56. The van der Waals surface area contributed by atoms with E-state index in [1.165, 1.54) is 36.7 Å². The van der Waals surface area contributed by atoms with Crippen molar-refractivity contribution >= 4 is 11.9 Å². The molecule has 7 nitrogen and oxygen atoms in total. The number of carboxylic acid groups (broad SMARTS) is 1. The molecule has 0 unspecified atom stereocenters. The average Bonchev–Trinajstić information content (AvgIpc) is 2.46. The van der Waals surface area contributed by atoms with Crippen molar-refractivity contribution in [2.45, 2.75) is 0 Å². The van der Waals surface area contributed by atoms with Gasteiger partial charge in [0.2, 0.25) is 0 Å². The summed E-state index contributed by atoms with van der Waals surface area (Å²) >= 11 is 0. The second-order valence-electron chi connectivity index (χ2n) is 3.56. The molecule has 0 spiro atoms. The Bertz CT molecular complexity index is 670. The van der Waals surface area contributed by atoms with E-state index in [1.807, 2.05) is 0 Å². The summed E-state index contributed by atoms with van der Waals surface area (Å²) in [5, 5.41) is 11.2. The molecule has 7 heteroatoms. The highest BCUT2D eigenvalue weighted by atomic mass is 16.4. The molecule has 0 fully saturated rings. The highest BCUT2D eigenvalue weighted by molar-refractivity contribution is 5.95. The highest BCUT2D eigenvalue weighted by Crippen LogP contribution is 2.17. The predicted octanol–water partition coefficient (Wildman–Crippen LogP) is 1.75. The van der Waals surface area contributed by atoms with Gasteiger partial charge in [-0.3, -0.25) is 14.8 Å². The van der Waals surface area contributed by atoms with Crippen LogP contribution in [0.25, 0.3) is 11.4 Å². The minimum Gasteiger partial charge on any atom is -0.478 e. The van der Waals surface area contributed by atoms with Crippen molar-refractivity contribution in [1.82, 2.24) is 9.97 Å². The Labute approximate surface area is 106 Å². The zero-order valence-corrected chi connectivity index (χ0v) is 9.48. The SMILES string of the molecule is O=NC(=O)c1ccnc(-c2cc(C(=O)O)ccn2)c1. The molecule has 0 atom stereocenters. The number of hydrogen-bond acceptors (Lipinski definition) is 5. The van der Waals surface area contributed by atoms with Crippen molar-refractivity contribution in [2.75, 3.05) is 0 Å². The molecule has 0 bridgehead atoms. The minimum atomic E-state index is -1.09. The van der Waals surface area contributed by atoms with Crippen molar-refractivity contribution in [3.05, 3.63) is 52.7 Å². The first-order chi connectivity index (χ1) is 9.11. The number of carbonyl (C=O) groups is 2. The summed E-state index contributed by atoms with van der Waals surface area (Å²) in [6.07, 6.45) is 2.65. The lowest BCUT2D eigenvalue weighted by atomic mass is 10.1. The molecule has 1 amide bonds. The third kappa shape index (κ3) is 2.65. The summed E-state index contributed by atoms with van der Waals surface area (Å²) in [6.45, 7) is 0. The van der Waals surface area contributed by atoms with Gasteiger partial charge in [-0.15, -0.1) is 4.91 Å². The Morgan fingerprint density at radius 3 is 2.05 bits per heavy atom. The third-order valence-corrected chi connectivity index (χ3v) is 2.36. The van der Waals surface area contributed by atoms with Crippen LogP contribution in [0.15, 0.2) is 41.8 Å². The van der Waals surface area contributed by atoms with E-state index in [2.05, 4.69) is 15.1 Å². The smallest absolute Gasteiger partial charge is 0.335 e. The molecule has 2 rings (SSSR count). The van der Waals surface area contributed by atoms with Gasteiger partial charge in [0.05, 0.1) is 17.0 Å². The topological polar surface area (TPSA) is 110 Å². The molecule has 2 heterocycles. The summed E-state index contributed by atoms with van der Waals surface area (Å²) in [7, 11) is 0. The fraction of sp³-hybridized carbons (Fsp3) is 0. The lowest BCUT2D eigenvalue weighted by Gasteiger charge is -2.02. The van der Waals surface area contributed by atoms with Gasteiger partial charge in [-0.05, 0) is 24.3 Å². The van der Waals surface area contributed by atoms with Crippen LogP contribution in [0.5, 0.6) is 0 Å². The molecular formula is C12H7N3O4. The number of nitrogens with zero attached hydrogens (tertiary/aromatic N) is 3. The summed E-state index contributed by atoms with van der Waals surface area (Å²) in [4.78, 5) is 40.1. The van der Waals surface area contributed by atoms with E-state index in [9.17, 15) is 14.5 Å². The Kier molecular flexibility index (Phi) is 3.37. The number of aromatic nitrogens is 2. The van der Waals surface area contributed by atoms with Crippen LogP contribution in [0.3, 0.4) is 0 Å². The zero-order chi connectivity index (χ0) is 13.8. The van der Waals surface area contributed by atoms with Crippen LogP contribution < -0.4 is 0 Å². The maximum atomic E-state index is 11.2. The Morgan fingerprint density at radius 2 is 1.53 bits per heavy atom. The van der Waals surface area contributed by atoms with E-state index < -0.39 is 11.9 Å². The average molecular weight is 257 g/mol. The fourth-order valence-electron chi connectivity index (χ4n) is 1.46. The van der Waals surface area contributed by atoms with Crippen LogP contribution in [0.2, 0.25) is 0 Å². The van der Waals surface area contributed by atoms with Gasteiger partial charge in [-0.25, -0.2) is 4.79 Å². The van der Waals surface area contributed by atoms with Gasteiger partial charge in [0.25, 0.3) is 0 Å². The Balaban J connectivity index is 2.47. The van der Waals surface area contributed by atoms with Crippen molar-refractivity contribution < 1.29 is 14.7 Å². The predicted molar refractivity (Wildman–Crippen MR) is 64.6 cm³/mol. The van der Waals surface area contributed by atoms with Crippen molar-refractivity contribution in [2.24, 2.45) is 5.18 Å². The molecule has 0 aliphatic carbocycles. The largest absolute Gasteiger partial charge is 0.478 e. The number of nitroso groups, excluding NO2 is 1. The molecule has 0 radical (unpaired) electrons. The first-order valence-electron chi connectivity index (χ1n) is 5.15. The molecule has 0 saturated heterocycles. The van der Waals surface area contributed by atoms with Crippen LogP contribution in [0.1, 0.15) is 20.7 Å². The van der Waals surface area contributed by atoms with Crippen molar-refractivity contribution in [3.8, 4) is 11.4 Å². The fourth-order valence-corrected chi connectivity index (χ4v) is 1.46. The van der Waals surface area contributed by atoms with Crippen LogP contribution in [0, 0.1) is 4.91 Å². The summed E-state index contributed by atoms with van der Waals surface area (Å²) in [5.41, 5.74) is 0.706. The lowest BCUT2D eigenvalue weighted by molar-refractivity contribution is 0.0696. The van der Waals surface area contributed by atoms with Gasteiger partial charge < -0.3 is 5.11 Å². The van der Waals surface area contributed by atoms with Crippen LogP contribution in [-0.4, -0.2) is 27.0 Å². The van der Waals surface area contributed by atoms with E-state index in [0.29, 0.717) is 5.69 Å². The van der Waals surface area contributed by atoms with E-state index in [0.717, 1.165) is 0 Å². The standard InChI is InChI=1S/C12H7N3O4/c16-11(15-19)7-1-3-13-9(5-7)10-6-8(12(17)18)2-4-14-10/h1-6H,(H,17,18). The van der Waals surface area contributed by atoms with E-state index >= 15 is 0 Å². The number of carboxylic acids is 1. The van der Waals surface area contributed by atoms with E-state index in [4.69, 9.17) is 5.11 Å². The quantitative estimate of drug-likeness (QED) is 0.838. The van der Waals surface area contributed by atoms with Crippen molar-refractivity contribution in [1.29, 1.82) is 0 Å². The number of pyridine rings is 2. The van der Waals surface area contributed by atoms with Gasteiger partial charge in [0.1, 0.15) is 0 Å². The van der Waals surface area contributed by atoms with Crippen LogP contribution >= 0.6 is 0 Å². The van der Waals surface area contributed by atoms with Gasteiger partial charge in [-0.2, -0.15) is 0 Å². The third-order valence-electron chi connectivity index (χ3n) is 2.36. The van der Waals surface area contributed by atoms with Gasteiger partial charge >= 0.3 is 11.9 Å². The van der Waals surface area contributed by atoms with Gasteiger partial charge in [-0.1, -0.05) is 0 Å². The van der Waals surface area contributed by atoms with Gasteiger partial charge in [0.15, 0.2) is 0 Å². The maximum Gasteiger partial charge on any atom is 0.335 e. The first-order valence-corrected chi connectivity index (χ1v) is 5.15. The van der Waals surface area contributed by atoms with Crippen LogP contribution in [0.4, 0.5) is 0 Å². The molecular weight excluding hydrogens is 250 g/mol. The maximum absolute atomic E-state index is 11.2. The number of aromatic carboxylic acids is 1. The lowest BCUT2D eigenvalue weighted by Crippen LogP contribution is -1.99. The minimum absolute atomic E-state index is 0.0528. The van der Waals surface area contributed by atoms with E-state index in [1.54, 1.807) is 0 Å².